The Labute approximate surface area is 184 Å². The number of amides is 1. The van der Waals surface area contributed by atoms with Crippen LogP contribution in [0.1, 0.15) is 52.7 Å². The summed E-state index contributed by atoms with van der Waals surface area (Å²) in [5, 5.41) is 14.6. The zero-order valence-corrected chi connectivity index (χ0v) is 18.4. The average Bonchev–Trinajstić information content (AvgIpc) is 3.40. The van der Waals surface area contributed by atoms with Gasteiger partial charge in [-0.2, -0.15) is 10.1 Å². The van der Waals surface area contributed by atoms with Crippen LogP contribution in [0.15, 0.2) is 18.3 Å². The van der Waals surface area contributed by atoms with E-state index in [0.29, 0.717) is 41.3 Å². The Morgan fingerprint density at radius 2 is 2.06 bits per heavy atom. The summed E-state index contributed by atoms with van der Waals surface area (Å²) in [4.78, 5) is 26.5. The third kappa shape index (κ3) is 4.22. The SMILES string of the molecule is Cc1nnsc1C(=O)N1CCC(N(C)c2nccc(Nc3cc(C4CC4)[nH]n3)n2)CC1. The Balaban J connectivity index is 1.20. The molecule has 1 saturated carbocycles. The van der Waals surface area contributed by atoms with Crippen molar-refractivity contribution in [3.05, 3.63) is 34.6 Å². The topological polar surface area (TPSA) is 116 Å². The molecule has 0 atom stereocenters. The van der Waals surface area contributed by atoms with Crippen LogP contribution < -0.4 is 10.2 Å². The lowest BCUT2D eigenvalue weighted by molar-refractivity contribution is 0.0717. The first-order valence-corrected chi connectivity index (χ1v) is 11.3. The molecule has 0 bridgehead atoms. The molecule has 162 valence electrons. The normalized spacial score (nSPS) is 17.0. The van der Waals surface area contributed by atoms with Crippen LogP contribution in [0, 0.1) is 6.92 Å². The molecule has 1 aliphatic heterocycles. The molecule has 2 aliphatic rings. The second-order valence-electron chi connectivity index (χ2n) is 8.17. The summed E-state index contributed by atoms with van der Waals surface area (Å²) in [6.45, 7) is 3.21. The minimum absolute atomic E-state index is 0.0284. The van der Waals surface area contributed by atoms with E-state index in [9.17, 15) is 4.79 Å². The summed E-state index contributed by atoms with van der Waals surface area (Å²) in [5.41, 5.74) is 1.88. The average molecular weight is 440 g/mol. The number of piperidine rings is 1. The van der Waals surface area contributed by atoms with E-state index in [-0.39, 0.29) is 11.9 Å². The minimum Gasteiger partial charge on any atom is -0.341 e. The molecule has 0 radical (unpaired) electrons. The van der Waals surface area contributed by atoms with Crippen LogP contribution in [-0.4, -0.2) is 66.7 Å². The maximum absolute atomic E-state index is 12.7. The molecule has 2 N–H and O–H groups in total. The zero-order valence-electron chi connectivity index (χ0n) is 17.6. The van der Waals surface area contributed by atoms with E-state index in [1.165, 1.54) is 30.1 Å². The monoisotopic (exact) mass is 439 g/mol. The largest absolute Gasteiger partial charge is 0.341 e. The number of carbonyl (C=O) groups is 1. The Hall–Kier alpha value is -3.08. The second kappa shape index (κ2) is 8.22. The van der Waals surface area contributed by atoms with E-state index in [1.807, 2.05) is 24.9 Å². The van der Waals surface area contributed by atoms with Crippen LogP contribution in [0.2, 0.25) is 0 Å². The van der Waals surface area contributed by atoms with Crippen LogP contribution in [0.3, 0.4) is 0 Å². The lowest BCUT2D eigenvalue weighted by Crippen LogP contribution is -2.46. The van der Waals surface area contributed by atoms with Crippen molar-refractivity contribution in [1.82, 2.24) is 34.7 Å². The molecule has 1 aliphatic carbocycles. The number of hydrogen-bond donors (Lipinski definition) is 2. The maximum atomic E-state index is 12.7. The fraction of sp³-hybridized carbons (Fsp3) is 0.500. The quantitative estimate of drug-likeness (QED) is 0.602. The molecule has 1 saturated heterocycles. The van der Waals surface area contributed by atoms with Crippen molar-refractivity contribution < 1.29 is 4.79 Å². The van der Waals surface area contributed by atoms with Crippen molar-refractivity contribution in [3.8, 4) is 0 Å². The fourth-order valence-electron chi connectivity index (χ4n) is 3.91. The predicted molar refractivity (Wildman–Crippen MR) is 118 cm³/mol. The van der Waals surface area contributed by atoms with E-state index in [2.05, 4.69) is 46.0 Å². The van der Waals surface area contributed by atoms with Gasteiger partial charge in [0.05, 0.1) is 5.69 Å². The van der Waals surface area contributed by atoms with Crippen LogP contribution in [-0.2, 0) is 0 Å². The van der Waals surface area contributed by atoms with Gasteiger partial charge in [-0.1, -0.05) is 4.49 Å². The number of aromatic nitrogens is 6. The van der Waals surface area contributed by atoms with E-state index in [4.69, 9.17) is 0 Å². The van der Waals surface area contributed by atoms with Gasteiger partial charge in [0.1, 0.15) is 10.7 Å². The Kier molecular flexibility index (Phi) is 5.26. The van der Waals surface area contributed by atoms with Crippen molar-refractivity contribution in [1.29, 1.82) is 0 Å². The van der Waals surface area contributed by atoms with Gasteiger partial charge in [-0.25, -0.2) is 4.98 Å². The highest BCUT2D eigenvalue weighted by atomic mass is 32.1. The summed E-state index contributed by atoms with van der Waals surface area (Å²) in [7, 11) is 2.01. The number of likely N-dealkylation sites (tertiary alicyclic amines) is 1. The van der Waals surface area contributed by atoms with Gasteiger partial charge in [0.25, 0.3) is 5.91 Å². The van der Waals surface area contributed by atoms with Crippen LogP contribution in [0.4, 0.5) is 17.6 Å². The van der Waals surface area contributed by atoms with E-state index in [1.54, 1.807) is 6.20 Å². The third-order valence-electron chi connectivity index (χ3n) is 5.97. The molecule has 5 rings (SSSR count). The molecule has 3 aromatic heterocycles. The smallest absolute Gasteiger partial charge is 0.267 e. The fourth-order valence-corrected chi connectivity index (χ4v) is 4.54. The third-order valence-corrected chi connectivity index (χ3v) is 6.79. The Morgan fingerprint density at radius 3 is 2.77 bits per heavy atom. The summed E-state index contributed by atoms with van der Waals surface area (Å²) in [5.74, 6) is 2.81. The van der Waals surface area contributed by atoms with Gasteiger partial charge in [-0.15, -0.1) is 5.10 Å². The first-order valence-electron chi connectivity index (χ1n) is 10.5. The number of nitrogens with zero attached hydrogens (tertiary/aromatic N) is 7. The number of anilines is 3. The molecule has 0 aromatic carbocycles. The van der Waals surface area contributed by atoms with Gasteiger partial charge in [-0.3, -0.25) is 9.89 Å². The van der Waals surface area contributed by atoms with Gasteiger partial charge >= 0.3 is 0 Å². The molecule has 10 nitrogen and oxygen atoms in total. The Bertz CT molecular complexity index is 1070. The summed E-state index contributed by atoms with van der Waals surface area (Å²) in [6.07, 6.45) is 5.94. The van der Waals surface area contributed by atoms with E-state index >= 15 is 0 Å². The number of hydrogen-bond acceptors (Lipinski definition) is 9. The highest BCUT2D eigenvalue weighted by molar-refractivity contribution is 7.07. The van der Waals surface area contributed by atoms with E-state index < -0.39 is 0 Å². The predicted octanol–water partition coefficient (Wildman–Crippen LogP) is 2.72. The highest BCUT2D eigenvalue weighted by Gasteiger charge is 2.29. The standard InChI is InChI=1S/C20H25N9OS/c1-12-18(31-27-24-12)19(30)29-9-6-14(7-10-29)28(2)20-21-8-5-16(23-20)22-17-11-15(25-26-17)13-3-4-13/h5,8,11,13-14H,3-4,6-7,9-10H2,1-2H3,(H2,21,22,23,25,26). The number of rotatable bonds is 6. The first-order chi connectivity index (χ1) is 15.1. The number of nitrogens with one attached hydrogen (secondary N) is 2. The number of aryl methyl sites for hydroxylation is 1. The van der Waals surface area contributed by atoms with Crippen LogP contribution in [0.25, 0.3) is 0 Å². The van der Waals surface area contributed by atoms with Gasteiger partial charge in [-0.05, 0) is 50.2 Å². The van der Waals surface area contributed by atoms with Gasteiger partial charge in [0.15, 0.2) is 5.82 Å². The molecule has 0 spiro atoms. The zero-order chi connectivity index (χ0) is 21.4. The highest BCUT2D eigenvalue weighted by Crippen LogP contribution is 2.39. The van der Waals surface area contributed by atoms with Crippen molar-refractivity contribution >= 4 is 35.0 Å². The summed E-state index contributed by atoms with van der Waals surface area (Å²) in [6, 6.07) is 4.16. The minimum atomic E-state index is 0.0284. The van der Waals surface area contributed by atoms with Crippen molar-refractivity contribution in [2.45, 2.75) is 44.6 Å². The summed E-state index contributed by atoms with van der Waals surface area (Å²) >= 11 is 1.17. The molecule has 31 heavy (non-hydrogen) atoms. The van der Waals surface area contributed by atoms with E-state index in [0.717, 1.165) is 18.7 Å². The summed E-state index contributed by atoms with van der Waals surface area (Å²) < 4.78 is 3.88. The molecular formula is C20H25N9OS. The second-order valence-corrected chi connectivity index (χ2v) is 8.93. The van der Waals surface area contributed by atoms with Crippen LogP contribution >= 0.6 is 11.5 Å². The van der Waals surface area contributed by atoms with Gasteiger partial charge < -0.3 is 15.1 Å². The molecule has 2 fully saturated rings. The number of aromatic amines is 1. The van der Waals surface area contributed by atoms with Crippen LogP contribution in [0.5, 0.6) is 0 Å². The number of H-pyrrole nitrogens is 1. The van der Waals surface area contributed by atoms with Crippen molar-refractivity contribution in [3.63, 3.8) is 0 Å². The Morgan fingerprint density at radius 1 is 1.26 bits per heavy atom. The molecule has 1 amide bonds. The van der Waals surface area contributed by atoms with Crippen molar-refractivity contribution in [2.75, 3.05) is 30.4 Å². The van der Waals surface area contributed by atoms with Gasteiger partial charge in [0, 0.05) is 50.1 Å². The maximum Gasteiger partial charge on any atom is 0.267 e. The first kappa shape index (κ1) is 19.9. The molecule has 0 unspecified atom stereocenters. The van der Waals surface area contributed by atoms with Gasteiger partial charge in [0.2, 0.25) is 5.95 Å². The lowest BCUT2D eigenvalue weighted by Gasteiger charge is -2.36. The molecule has 3 aromatic rings. The lowest BCUT2D eigenvalue weighted by atomic mass is 10.0. The van der Waals surface area contributed by atoms with Crippen molar-refractivity contribution in [2.24, 2.45) is 0 Å². The number of carbonyl (C=O) groups excluding carboxylic acids is 1. The molecular weight excluding hydrogens is 414 g/mol. The molecule has 11 heteroatoms. The molecule has 4 heterocycles.